The van der Waals surface area contributed by atoms with Crippen molar-refractivity contribution in [3.63, 3.8) is 0 Å². The van der Waals surface area contributed by atoms with Gasteiger partial charge in [0.05, 0.1) is 12.7 Å². The first-order valence-electron chi connectivity index (χ1n) is 6.30. The first-order chi connectivity index (χ1) is 10.5. The van der Waals surface area contributed by atoms with Crippen LogP contribution in [0.2, 0.25) is 0 Å². The topological polar surface area (TPSA) is 52.6 Å². The Morgan fingerprint density at radius 2 is 1.82 bits per heavy atom. The molecule has 0 aliphatic carbocycles. The van der Waals surface area contributed by atoms with Crippen LogP contribution < -0.4 is 4.74 Å². The molecule has 0 bridgehead atoms. The summed E-state index contributed by atoms with van der Waals surface area (Å²) in [5, 5.41) is 0. The molecule has 4 nitrogen and oxygen atoms in total. The Morgan fingerprint density at radius 1 is 1.14 bits per heavy atom. The van der Waals surface area contributed by atoms with Gasteiger partial charge in [-0.3, -0.25) is 4.79 Å². The second-order valence-electron chi connectivity index (χ2n) is 4.35. The van der Waals surface area contributed by atoms with Crippen LogP contribution >= 0.6 is 15.9 Å². The van der Waals surface area contributed by atoms with E-state index >= 15 is 0 Å². The fourth-order valence-corrected chi connectivity index (χ4v) is 2.08. The van der Waals surface area contributed by atoms with Crippen molar-refractivity contribution < 1.29 is 23.5 Å². The number of methoxy groups -OCH3 is 1. The molecule has 0 atom stereocenters. The number of rotatable bonds is 5. The molecule has 0 saturated heterocycles. The average Bonchev–Trinajstić information content (AvgIpc) is 2.54. The van der Waals surface area contributed by atoms with Crippen LogP contribution in [0.1, 0.15) is 20.7 Å². The molecule has 0 amide bonds. The summed E-state index contributed by atoms with van der Waals surface area (Å²) >= 11 is 3.14. The van der Waals surface area contributed by atoms with Crippen molar-refractivity contribution >= 4 is 27.7 Å². The minimum atomic E-state index is -0.888. The van der Waals surface area contributed by atoms with Gasteiger partial charge in [-0.15, -0.1) is 0 Å². The largest absolute Gasteiger partial charge is 0.497 e. The summed E-state index contributed by atoms with van der Waals surface area (Å²) in [5.41, 5.74) is 0.153. The van der Waals surface area contributed by atoms with Crippen molar-refractivity contribution in [2.75, 3.05) is 13.7 Å². The molecule has 0 aliphatic rings. The second-order valence-corrected chi connectivity index (χ2v) is 5.27. The Kier molecular flexibility index (Phi) is 5.27. The van der Waals surface area contributed by atoms with Gasteiger partial charge in [0, 0.05) is 10.0 Å². The molecule has 6 heteroatoms. The maximum atomic E-state index is 13.5. The van der Waals surface area contributed by atoms with Crippen LogP contribution in [0.3, 0.4) is 0 Å². The first kappa shape index (κ1) is 16.2. The number of hydrogen-bond acceptors (Lipinski definition) is 4. The lowest BCUT2D eigenvalue weighted by atomic mass is 10.1. The van der Waals surface area contributed by atoms with Crippen LogP contribution in [0.5, 0.6) is 5.75 Å². The van der Waals surface area contributed by atoms with E-state index in [1.54, 1.807) is 24.3 Å². The Bertz CT molecular complexity index is 698. The molecule has 114 valence electrons. The Balaban J connectivity index is 2.00. The predicted octanol–water partition coefficient (Wildman–Crippen LogP) is 3.64. The molecule has 0 fully saturated rings. The van der Waals surface area contributed by atoms with Gasteiger partial charge in [0.1, 0.15) is 11.6 Å². The highest BCUT2D eigenvalue weighted by molar-refractivity contribution is 9.10. The molecule has 0 aromatic heterocycles. The second kappa shape index (κ2) is 7.17. The third-order valence-corrected chi connectivity index (χ3v) is 3.39. The van der Waals surface area contributed by atoms with Gasteiger partial charge < -0.3 is 9.47 Å². The quantitative estimate of drug-likeness (QED) is 0.598. The Hall–Kier alpha value is -2.21. The normalized spacial score (nSPS) is 10.1. The van der Waals surface area contributed by atoms with Gasteiger partial charge in [0.15, 0.2) is 12.4 Å². The van der Waals surface area contributed by atoms with Crippen LogP contribution in [0, 0.1) is 5.82 Å². The number of benzene rings is 2. The van der Waals surface area contributed by atoms with Gasteiger partial charge in [0.25, 0.3) is 0 Å². The molecule has 22 heavy (non-hydrogen) atoms. The summed E-state index contributed by atoms with van der Waals surface area (Å²) in [7, 11) is 1.52. The number of Topliss-reactive ketones (excluding diaryl/α,β-unsaturated/α-hetero) is 1. The summed E-state index contributed by atoms with van der Waals surface area (Å²) in [4.78, 5) is 23.7. The van der Waals surface area contributed by atoms with Crippen LogP contribution in [-0.2, 0) is 4.74 Å². The standard InChI is InChI=1S/C16H12BrFO4/c1-21-12-5-2-10(3-6-12)15(19)9-22-16(20)13-8-11(17)4-7-14(13)18/h2-8H,9H2,1H3. The van der Waals surface area contributed by atoms with E-state index in [4.69, 9.17) is 9.47 Å². The average molecular weight is 367 g/mol. The zero-order chi connectivity index (χ0) is 16.1. The van der Waals surface area contributed by atoms with Gasteiger partial charge in [-0.2, -0.15) is 0 Å². The van der Waals surface area contributed by atoms with Gasteiger partial charge in [0.2, 0.25) is 0 Å². The predicted molar refractivity (Wildman–Crippen MR) is 81.7 cm³/mol. The number of halogens is 2. The number of carbonyl (C=O) groups excluding carboxylic acids is 2. The summed E-state index contributed by atoms with van der Waals surface area (Å²) in [6.45, 7) is -0.461. The van der Waals surface area contributed by atoms with Crippen molar-refractivity contribution in [1.82, 2.24) is 0 Å². The van der Waals surface area contributed by atoms with Gasteiger partial charge in [-0.1, -0.05) is 15.9 Å². The van der Waals surface area contributed by atoms with E-state index in [0.717, 1.165) is 6.07 Å². The lowest BCUT2D eigenvalue weighted by Crippen LogP contribution is -2.15. The number of esters is 1. The number of ketones is 1. The molecule has 2 aromatic carbocycles. The fourth-order valence-electron chi connectivity index (χ4n) is 1.72. The van der Waals surface area contributed by atoms with Crippen molar-refractivity contribution in [3.8, 4) is 5.75 Å². The van der Waals surface area contributed by atoms with E-state index in [1.165, 1.54) is 19.2 Å². The summed E-state index contributed by atoms with van der Waals surface area (Å²) in [5.74, 6) is -1.36. The molecular weight excluding hydrogens is 355 g/mol. The molecule has 2 rings (SSSR count). The minimum absolute atomic E-state index is 0.225. The van der Waals surface area contributed by atoms with Crippen LogP contribution in [0.4, 0.5) is 4.39 Å². The lowest BCUT2D eigenvalue weighted by Gasteiger charge is -2.06. The summed E-state index contributed by atoms with van der Waals surface area (Å²) < 4.78 is 23.9. The zero-order valence-electron chi connectivity index (χ0n) is 11.6. The number of ether oxygens (including phenoxy) is 2. The molecular formula is C16H12BrFO4. The van der Waals surface area contributed by atoms with Gasteiger partial charge >= 0.3 is 5.97 Å². The Labute approximate surface area is 135 Å². The SMILES string of the molecule is COc1ccc(C(=O)COC(=O)c2cc(Br)ccc2F)cc1. The van der Waals surface area contributed by atoms with Crippen molar-refractivity contribution in [1.29, 1.82) is 0 Å². The molecule has 0 radical (unpaired) electrons. The first-order valence-corrected chi connectivity index (χ1v) is 7.10. The van der Waals surface area contributed by atoms with Crippen molar-refractivity contribution in [2.24, 2.45) is 0 Å². The van der Waals surface area contributed by atoms with E-state index in [2.05, 4.69) is 15.9 Å². The van der Waals surface area contributed by atoms with Crippen molar-refractivity contribution in [3.05, 3.63) is 63.9 Å². The number of hydrogen-bond donors (Lipinski definition) is 0. The molecule has 0 saturated carbocycles. The smallest absolute Gasteiger partial charge is 0.341 e. The highest BCUT2D eigenvalue weighted by Crippen LogP contribution is 2.17. The van der Waals surface area contributed by atoms with Crippen LogP contribution in [0.15, 0.2) is 46.9 Å². The summed E-state index contributed by atoms with van der Waals surface area (Å²) in [6.07, 6.45) is 0. The van der Waals surface area contributed by atoms with E-state index in [9.17, 15) is 14.0 Å². The monoisotopic (exact) mass is 366 g/mol. The van der Waals surface area contributed by atoms with E-state index < -0.39 is 18.4 Å². The molecule has 0 spiro atoms. The van der Waals surface area contributed by atoms with Gasteiger partial charge in [-0.25, -0.2) is 9.18 Å². The lowest BCUT2D eigenvalue weighted by molar-refractivity contribution is 0.0470. The maximum Gasteiger partial charge on any atom is 0.341 e. The molecule has 0 unspecified atom stereocenters. The minimum Gasteiger partial charge on any atom is -0.497 e. The van der Waals surface area contributed by atoms with Crippen molar-refractivity contribution in [2.45, 2.75) is 0 Å². The maximum absolute atomic E-state index is 13.5. The molecule has 0 N–H and O–H groups in total. The number of carbonyl (C=O) groups is 2. The molecule has 0 heterocycles. The molecule has 0 aliphatic heterocycles. The Morgan fingerprint density at radius 3 is 2.45 bits per heavy atom. The van der Waals surface area contributed by atoms with E-state index in [0.29, 0.717) is 15.8 Å². The van der Waals surface area contributed by atoms with Crippen LogP contribution in [0.25, 0.3) is 0 Å². The highest BCUT2D eigenvalue weighted by atomic mass is 79.9. The van der Waals surface area contributed by atoms with Crippen LogP contribution in [-0.4, -0.2) is 25.5 Å². The van der Waals surface area contributed by atoms with E-state index in [-0.39, 0.29) is 11.3 Å². The van der Waals surface area contributed by atoms with Gasteiger partial charge in [-0.05, 0) is 42.5 Å². The summed E-state index contributed by atoms with van der Waals surface area (Å²) in [6, 6.07) is 10.3. The highest BCUT2D eigenvalue weighted by Gasteiger charge is 2.16. The molecule has 2 aromatic rings. The fraction of sp³-hybridized carbons (Fsp3) is 0.125. The third-order valence-electron chi connectivity index (χ3n) is 2.89. The zero-order valence-corrected chi connectivity index (χ0v) is 13.2. The third kappa shape index (κ3) is 3.92. The van der Waals surface area contributed by atoms with E-state index in [1.807, 2.05) is 0 Å².